The van der Waals surface area contributed by atoms with Crippen molar-refractivity contribution in [3.05, 3.63) is 70.8 Å². The van der Waals surface area contributed by atoms with Crippen LogP contribution in [0.25, 0.3) is 0 Å². The normalized spacial score (nSPS) is 21.8. The fourth-order valence-corrected chi connectivity index (χ4v) is 5.02. The summed E-state index contributed by atoms with van der Waals surface area (Å²) in [5.41, 5.74) is 3.77. The van der Waals surface area contributed by atoms with E-state index in [9.17, 15) is 9.90 Å². The van der Waals surface area contributed by atoms with Gasteiger partial charge in [-0.05, 0) is 34.0 Å². The summed E-state index contributed by atoms with van der Waals surface area (Å²) in [7, 11) is 1.81. The van der Waals surface area contributed by atoms with Crippen LogP contribution in [-0.2, 0) is 29.7 Å². The number of hydrogen-bond acceptors (Lipinski definition) is 8. The van der Waals surface area contributed by atoms with Gasteiger partial charge in [0.05, 0.1) is 18.8 Å². The Balaban J connectivity index is 1.51. The summed E-state index contributed by atoms with van der Waals surface area (Å²) in [5, 5.41) is 27.4. The number of amides is 2. The van der Waals surface area contributed by atoms with Crippen molar-refractivity contribution in [1.82, 2.24) is 30.8 Å². The number of thioether (sulfide) groups is 1. The highest BCUT2D eigenvalue weighted by Gasteiger charge is 2.38. The summed E-state index contributed by atoms with van der Waals surface area (Å²) in [6.45, 7) is 5.01. The Morgan fingerprint density at radius 3 is 2.39 bits per heavy atom. The minimum Gasteiger partial charge on any atom is -0.392 e. The lowest BCUT2D eigenvalue weighted by Gasteiger charge is -2.41. The summed E-state index contributed by atoms with van der Waals surface area (Å²) >= 11 is 1.55. The van der Waals surface area contributed by atoms with E-state index >= 15 is 0 Å². The molecule has 36 heavy (non-hydrogen) atoms. The van der Waals surface area contributed by atoms with Gasteiger partial charge < -0.3 is 25.2 Å². The van der Waals surface area contributed by atoms with Crippen LogP contribution in [0.1, 0.15) is 48.5 Å². The number of aromatic nitrogens is 4. The van der Waals surface area contributed by atoms with Crippen molar-refractivity contribution in [2.75, 3.05) is 12.3 Å². The van der Waals surface area contributed by atoms with Gasteiger partial charge in [-0.2, -0.15) is 0 Å². The molecule has 3 aromatic rings. The van der Waals surface area contributed by atoms with Gasteiger partial charge >= 0.3 is 6.03 Å². The number of nitrogens with one attached hydrogen (secondary N) is 2. The second kappa shape index (κ2) is 12.3. The molecule has 10 nitrogen and oxygen atoms in total. The van der Waals surface area contributed by atoms with Crippen LogP contribution in [0.3, 0.4) is 0 Å². The summed E-state index contributed by atoms with van der Waals surface area (Å²) in [6.07, 6.45) is -0.872. The molecule has 1 fully saturated rings. The standard InChI is InChI=1S/C25H32N6O4S/c1-4-26-24(33)27-13-17-5-11-20(12-6-17)23-34-21(15-36-25-28-29-30-31(25)3)16(2)22(35-23)19-9-7-18(14-32)8-10-19/h5-12,16,21-23,32H,4,13-15H2,1-3H3,(H2,26,27,33)/t16-,21+,22+,23+/m0/s1. The largest absolute Gasteiger partial charge is 0.392 e. The Bertz CT molecular complexity index is 1120. The Morgan fingerprint density at radius 2 is 1.75 bits per heavy atom. The zero-order valence-corrected chi connectivity index (χ0v) is 21.4. The molecule has 0 spiro atoms. The molecule has 0 bridgehead atoms. The van der Waals surface area contributed by atoms with Crippen molar-refractivity contribution in [2.24, 2.45) is 13.0 Å². The van der Waals surface area contributed by atoms with Crippen LogP contribution < -0.4 is 10.6 Å². The fraction of sp³-hybridized carbons (Fsp3) is 0.440. The van der Waals surface area contributed by atoms with E-state index in [2.05, 4.69) is 33.1 Å². The van der Waals surface area contributed by atoms with Crippen molar-refractivity contribution in [3.63, 3.8) is 0 Å². The first-order chi connectivity index (χ1) is 17.5. The van der Waals surface area contributed by atoms with Gasteiger partial charge in [0, 0.05) is 37.4 Å². The van der Waals surface area contributed by atoms with E-state index in [1.54, 1.807) is 16.4 Å². The van der Waals surface area contributed by atoms with Crippen LogP contribution in [0, 0.1) is 5.92 Å². The van der Waals surface area contributed by atoms with Crippen molar-refractivity contribution >= 4 is 17.8 Å². The van der Waals surface area contributed by atoms with Crippen molar-refractivity contribution in [2.45, 2.75) is 50.7 Å². The Labute approximate surface area is 214 Å². The van der Waals surface area contributed by atoms with E-state index in [-0.39, 0.29) is 30.8 Å². The number of urea groups is 1. The number of aliphatic hydroxyl groups excluding tert-OH is 1. The van der Waals surface area contributed by atoms with Gasteiger partial charge in [0.1, 0.15) is 0 Å². The van der Waals surface area contributed by atoms with Crippen molar-refractivity contribution in [1.29, 1.82) is 0 Å². The van der Waals surface area contributed by atoms with E-state index in [1.165, 1.54) is 0 Å². The van der Waals surface area contributed by atoms with Gasteiger partial charge in [0.25, 0.3) is 0 Å². The third kappa shape index (κ3) is 6.41. The van der Waals surface area contributed by atoms with E-state index < -0.39 is 6.29 Å². The zero-order valence-electron chi connectivity index (χ0n) is 20.6. The molecule has 1 aliphatic heterocycles. The third-order valence-electron chi connectivity index (χ3n) is 6.12. The van der Waals surface area contributed by atoms with Crippen LogP contribution in [0.2, 0.25) is 0 Å². The predicted octanol–water partition coefficient (Wildman–Crippen LogP) is 3.11. The number of carbonyl (C=O) groups is 1. The third-order valence-corrected chi connectivity index (χ3v) is 7.22. The number of carbonyl (C=O) groups excluding carboxylic acids is 1. The van der Waals surface area contributed by atoms with Gasteiger partial charge in [-0.15, -0.1) is 5.10 Å². The summed E-state index contributed by atoms with van der Waals surface area (Å²) in [5.74, 6) is 0.727. The van der Waals surface area contributed by atoms with Crippen LogP contribution in [-0.4, -0.2) is 49.7 Å². The van der Waals surface area contributed by atoms with Gasteiger partial charge in [0.2, 0.25) is 5.16 Å². The van der Waals surface area contributed by atoms with Crippen molar-refractivity contribution in [3.8, 4) is 0 Å². The molecule has 1 saturated heterocycles. The molecule has 4 rings (SSSR count). The maximum absolute atomic E-state index is 11.7. The van der Waals surface area contributed by atoms with Crippen LogP contribution in [0.15, 0.2) is 53.7 Å². The molecule has 192 valence electrons. The second-order valence-electron chi connectivity index (χ2n) is 8.67. The monoisotopic (exact) mass is 512 g/mol. The SMILES string of the molecule is CCNC(=O)NCc1ccc([C@@H]2O[C@H](CSc3nnnn3C)[C@H](C)[C@H](c3ccc(CO)cc3)O2)cc1. The molecule has 1 aliphatic rings. The van der Waals surface area contributed by atoms with E-state index in [0.717, 1.165) is 27.4 Å². The molecule has 0 unspecified atom stereocenters. The molecular formula is C25H32N6O4S. The topological polar surface area (TPSA) is 123 Å². The maximum atomic E-state index is 11.7. The number of benzene rings is 2. The molecule has 0 saturated carbocycles. The molecule has 3 N–H and O–H groups in total. The number of aryl methyl sites for hydroxylation is 1. The molecule has 0 radical (unpaired) electrons. The molecule has 4 atom stereocenters. The number of aliphatic hydroxyl groups is 1. The Kier molecular flexibility index (Phi) is 8.92. The summed E-state index contributed by atoms with van der Waals surface area (Å²) < 4.78 is 14.6. The maximum Gasteiger partial charge on any atom is 0.315 e. The number of ether oxygens (including phenoxy) is 2. The highest BCUT2D eigenvalue weighted by molar-refractivity contribution is 7.99. The van der Waals surface area contributed by atoms with Gasteiger partial charge in [-0.25, -0.2) is 9.48 Å². The van der Waals surface area contributed by atoms with E-state index in [4.69, 9.17) is 9.47 Å². The number of nitrogens with zero attached hydrogens (tertiary/aromatic N) is 4. The lowest BCUT2D eigenvalue weighted by molar-refractivity contribution is -0.268. The predicted molar refractivity (Wildman–Crippen MR) is 135 cm³/mol. The van der Waals surface area contributed by atoms with E-state index in [1.807, 2.05) is 62.5 Å². The number of hydrogen-bond donors (Lipinski definition) is 3. The molecule has 2 aromatic carbocycles. The van der Waals surface area contributed by atoms with Gasteiger partial charge in [-0.1, -0.05) is 67.2 Å². The number of tetrazole rings is 1. The molecule has 2 heterocycles. The van der Waals surface area contributed by atoms with Crippen LogP contribution in [0.4, 0.5) is 4.79 Å². The molecule has 11 heteroatoms. The first-order valence-electron chi connectivity index (χ1n) is 11.9. The lowest BCUT2D eigenvalue weighted by atomic mass is 9.91. The highest BCUT2D eigenvalue weighted by atomic mass is 32.2. The fourth-order valence-electron chi connectivity index (χ4n) is 4.01. The van der Waals surface area contributed by atoms with Crippen molar-refractivity contribution < 1.29 is 19.4 Å². The Hall–Kier alpha value is -2.99. The average Bonchev–Trinajstić information content (AvgIpc) is 3.32. The minimum absolute atomic E-state index is 0.000591. The zero-order chi connectivity index (χ0) is 25.5. The van der Waals surface area contributed by atoms with Gasteiger partial charge in [0.15, 0.2) is 6.29 Å². The molecule has 1 aromatic heterocycles. The summed E-state index contributed by atoms with van der Waals surface area (Å²) in [4.78, 5) is 11.7. The molecule has 2 amide bonds. The second-order valence-corrected chi connectivity index (χ2v) is 9.66. The van der Waals surface area contributed by atoms with Crippen LogP contribution >= 0.6 is 11.8 Å². The smallest absolute Gasteiger partial charge is 0.315 e. The van der Waals surface area contributed by atoms with Gasteiger partial charge in [-0.3, -0.25) is 0 Å². The highest BCUT2D eigenvalue weighted by Crippen LogP contribution is 2.42. The molecule has 0 aliphatic carbocycles. The first kappa shape index (κ1) is 26.1. The van der Waals surface area contributed by atoms with E-state index in [0.29, 0.717) is 18.8 Å². The van der Waals surface area contributed by atoms with Crippen LogP contribution in [0.5, 0.6) is 0 Å². The lowest BCUT2D eigenvalue weighted by Crippen LogP contribution is -2.38. The Morgan fingerprint density at radius 1 is 1.06 bits per heavy atom. The molecular weight excluding hydrogens is 480 g/mol. The number of rotatable bonds is 9. The average molecular weight is 513 g/mol. The quantitative estimate of drug-likeness (QED) is 0.374. The first-order valence-corrected chi connectivity index (χ1v) is 12.9. The minimum atomic E-state index is -0.558. The summed E-state index contributed by atoms with van der Waals surface area (Å²) in [6, 6.07) is 15.5.